The molecule has 1 N–H and O–H groups in total. The molecule has 0 aliphatic carbocycles. The Bertz CT molecular complexity index is 917. The van der Waals surface area contributed by atoms with E-state index in [1.165, 1.54) is 7.11 Å². The number of ether oxygens (including phenoxy) is 2. The third kappa shape index (κ3) is 5.27. The van der Waals surface area contributed by atoms with Crippen LogP contribution in [0.25, 0.3) is 0 Å². The van der Waals surface area contributed by atoms with Gasteiger partial charge in [0.1, 0.15) is 4.90 Å². The molecule has 0 radical (unpaired) electrons. The van der Waals surface area contributed by atoms with Crippen molar-refractivity contribution in [3.05, 3.63) is 52.5 Å². The highest BCUT2D eigenvalue weighted by atomic mass is 35.5. The number of sulfonamides is 1. The van der Waals surface area contributed by atoms with E-state index in [0.29, 0.717) is 29.7 Å². The van der Waals surface area contributed by atoms with E-state index in [1.54, 1.807) is 25.1 Å². The van der Waals surface area contributed by atoms with Gasteiger partial charge in [0.15, 0.2) is 11.5 Å². The number of halogens is 4. The molecule has 0 saturated heterocycles. The summed E-state index contributed by atoms with van der Waals surface area (Å²) >= 11 is 5.79. The van der Waals surface area contributed by atoms with E-state index in [9.17, 15) is 21.6 Å². The molecule has 0 fully saturated rings. The highest BCUT2D eigenvalue weighted by Crippen LogP contribution is 2.33. The minimum atomic E-state index is -4.68. The van der Waals surface area contributed by atoms with Crippen molar-refractivity contribution in [1.29, 1.82) is 0 Å². The molecule has 2 rings (SSSR count). The molecule has 0 saturated carbocycles. The summed E-state index contributed by atoms with van der Waals surface area (Å²) < 4.78 is 76.1. The molecular formula is C17H17ClF3NO4S. The fraction of sp³-hybridized carbons (Fsp3) is 0.294. The maximum atomic E-state index is 12.8. The van der Waals surface area contributed by atoms with Crippen molar-refractivity contribution in [2.45, 2.75) is 24.5 Å². The third-order valence-electron chi connectivity index (χ3n) is 3.54. The number of methoxy groups -OCH3 is 1. The summed E-state index contributed by atoms with van der Waals surface area (Å²) in [5.41, 5.74) is -0.572. The molecular weight excluding hydrogens is 407 g/mol. The van der Waals surface area contributed by atoms with Crippen LogP contribution in [0.15, 0.2) is 41.3 Å². The molecule has 10 heteroatoms. The standard InChI is InChI=1S/C17H17ClF3NO4S/c1-3-26-14-7-4-11(8-15(14)25-2)10-22-27(23,24)16-9-12(17(19,20)21)5-6-13(16)18/h4-9,22H,3,10H2,1-2H3. The lowest BCUT2D eigenvalue weighted by molar-refractivity contribution is -0.137. The lowest BCUT2D eigenvalue weighted by Crippen LogP contribution is -2.24. The second-order valence-electron chi connectivity index (χ2n) is 5.39. The Hall–Kier alpha value is -1.97. The van der Waals surface area contributed by atoms with Gasteiger partial charge in [0.05, 0.1) is 24.3 Å². The molecule has 0 atom stereocenters. The largest absolute Gasteiger partial charge is 0.493 e. The Morgan fingerprint density at radius 2 is 1.81 bits per heavy atom. The molecule has 0 unspecified atom stereocenters. The summed E-state index contributed by atoms with van der Waals surface area (Å²) in [6.07, 6.45) is -4.68. The van der Waals surface area contributed by atoms with Crippen LogP contribution in [0.5, 0.6) is 11.5 Å². The van der Waals surface area contributed by atoms with Gasteiger partial charge in [0.2, 0.25) is 10.0 Å². The van der Waals surface area contributed by atoms with Crippen LogP contribution < -0.4 is 14.2 Å². The summed E-state index contributed by atoms with van der Waals surface area (Å²) in [6.45, 7) is 2.06. The monoisotopic (exact) mass is 423 g/mol. The normalized spacial score (nSPS) is 12.1. The van der Waals surface area contributed by atoms with Crippen LogP contribution in [-0.4, -0.2) is 22.1 Å². The van der Waals surface area contributed by atoms with Crippen LogP contribution in [0.1, 0.15) is 18.1 Å². The van der Waals surface area contributed by atoms with Crippen molar-refractivity contribution in [3.8, 4) is 11.5 Å². The molecule has 0 amide bonds. The van der Waals surface area contributed by atoms with E-state index in [1.807, 2.05) is 0 Å². The lowest BCUT2D eigenvalue weighted by atomic mass is 10.2. The van der Waals surface area contributed by atoms with Gasteiger partial charge < -0.3 is 9.47 Å². The quantitative estimate of drug-likeness (QED) is 0.723. The summed E-state index contributed by atoms with van der Waals surface area (Å²) in [4.78, 5) is -0.642. The number of hydrogen-bond donors (Lipinski definition) is 1. The zero-order chi connectivity index (χ0) is 20.2. The molecule has 5 nitrogen and oxygen atoms in total. The van der Waals surface area contributed by atoms with Crippen molar-refractivity contribution in [2.24, 2.45) is 0 Å². The molecule has 2 aromatic carbocycles. The van der Waals surface area contributed by atoms with Gasteiger partial charge in [-0.15, -0.1) is 0 Å². The van der Waals surface area contributed by atoms with E-state index >= 15 is 0 Å². The van der Waals surface area contributed by atoms with E-state index in [2.05, 4.69) is 4.72 Å². The van der Waals surface area contributed by atoms with Crippen molar-refractivity contribution >= 4 is 21.6 Å². The molecule has 0 bridgehead atoms. The minimum absolute atomic E-state index is 0.169. The predicted octanol–water partition coefficient (Wildman–Crippen LogP) is 4.24. The number of alkyl halides is 3. The Balaban J connectivity index is 2.25. The van der Waals surface area contributed by atoms with Crippen molar-refractivity contribution in [3.63, 3.8) is 0 Å². The number of nitrogens with one attached hydrogen (secondary N) is 1. The fourth-order valence-corrected chi connectivity index (χ4v) is 3.78. The number of rotatable bonds is 7. The van der Waals surface area contributed by atoms with E-state index in [-0.39, 0.29) is 11.6 Å². The second-order valence-corrected chi connectivity index (χ2v) is 7.53. The fourth-order valence-electron chi connectivity index (χ4n) is 2.24. The predicted molar refractivity (Wildman–Crippen MR) is 94.6 cm³/mol. The smallest absolute Gasteiger partial charge is 0.416 e. The van der Waals surface area contributed by atoms with Crippen LogP contribution in [0.3, 0.4) is 0 Å². The van der Waals surface area contributed by atoms with Gasteiger partial charge in [-0.2, -0.15) is 13.2 Å². The average molecular weight is 424 g/mol. The lowest BCUT2D eigenvalue weighted by Gasteiger charge is -2.13. The van der Waals surface area contributed by atoms with Crippen molar-refractivity contribution in [1.82, 2.24) is 4.72 Å². The first kappa shape index (κ1) is 21.3. The number of hydrogen-bond acceptors (Lipinski definition) is 4. The maximum absolute atomic E-state index is 12.8. The third-order valence-corrected chi connectivity index (χ3v) is 5.43. The van der Waals surface area contributed by atoms with Crippen molar-refractivity contribution in [2.75, 3.05) is 13.7 Å². The molecule has 27 heavy (non-hydrogen) atoms. The molecule has 0 aromatic heterocycles. The summed E-state index contributed by atoms with van der Waals surface area (Å²) in [5, 5.41) is -0.306. The Kier molecular flexibility index (Phi) is 6.61. The van der Waals surface area contributed by atoms with Crippen LogP contribution in [0, 0.1) is 0 Å². The van der Waals surface area contributed by atoms with Crippen LogP contribution in [0.4, 0.5) is 13.2 Å². The van der Waals surface area contributed by atoms with Gasteiger partial charge in [-0.1, -0.05) is 17.7 Å². The zero-order valence-electron chi connectivity index (χ0n) is 14.4. The van der Waals surface area contributed by atoms with Gasteiger partial charge in [0, 0.05) is 6.54 Å². The Labute approximate surface area is 160 Å². The molecule has 0 aliphatic heterocycles. The first-order valence-corrected chi connectivity index (χ1v) is 9.60. The van der Waals surface area contributed by atoms with Gasteiger partial charge in [-0.3, -0.25) is 0 Å². The van der Waals surface area contributed by atoms with Crippen LogP contribution in [-0.2, 0) is 22.7 Å². The Morgan fingerprint density at radius 1 is 1.11 bits per heavy atom. The van der Waals surface area contributed by atoms with E-state index < -0.39 is 26.7 Å². The molecule has 0 spiro atoms. The van der Waals surface area contributed by atoms with Crippen molar-refractivity contribution < 1.29 is 31.1 Å². The molecule has 2 aromatic rings. The average Bonchev–Trinajstić information content (AvgIpc) is 2.60. The summed E-state index contributed by atoms with van der Waals surface area (Å²) in [5.74, 6) is 0.901. The van der Waals surface area contributed by atoms with Gasteiger partial charge in [-0.25, -0.2) is 13.1 Å². The highest BCUT2D eigenvalue weighted by Gasteiger charge is 2.32. The first-order valence-electron chi connectivity index (χ1n) is 7.74. The van der Waals surface area contributed by atoms with Gasteiger partial charge in [0.25, 0.3) is 0 Å². The first-order chi connectivity index (χ1) is 12.6. The minimum Gasteiger partial charge on any atom is -0.493 e. The topological polar surface area (TPSA) is 64.6 Å². The van der Waals surface area contributed by atoms with Crippen LogP contribution >= 0.6 is 11.6 Å². The summed E-state index contributed by atoms with van der Waals surface area (Å²) in [7, 11) is -2.83. The SMILES string of the molecule is CCOc1ccc(CNS(=O)(=O)c2cc(C(F)(F)F)ccc2Cl)cc1OC. The van der Waals surface area contributed by atoms with Crippen LogP contribution in [0.2, 0.25) is 5.02 Å². The second kappa shape index (κ2) is 8.37. The van der Waals surface area contributed by atoms with E-state index in [4.69, 9.17) is 21.1 Å². The summed E-state index contributed by atoms with van der Waals surface area (Å²) in [6, 6.07) is 6.93. The van der Waals surface area contributed by atoms with Gasteiger partial charge in [-0.05, 0) is 42.8 Å². The molecule has 148 valence electrons. The Morgan fingerprint density at radius 3 is 2.41 bits per heavy atom. The van der Waals surface area contributed by atoms with Gasteiger partial charge >= 0.3 is 6.18 Å². The molecule has 0 aliphatic rings. The molecule has 0 heterocycles. The number of benzene rings is 2. The highest BCUT2D eigenvalue weighted by molar-refractivity contribution is 7.89. The zero-order valence-corrected chi connectivity index (χ0v) is 16.0. The van der Waals surface area contributed by atoms with E-state index in [0.717, 1.165) is 12.1 Å². The maximum Gasteiger partial charge on any atom is 0.416 e.